The first kappa shape index (κ1) is 18.3. The zero-order valence-corrected chi connectivity index (χ0v) is 17.3. The number of aliphatic imine (C=N–C) groups is 1. The standard InChI is InChI=1S/C22H23ClN6/c1-15-21-25-26-22(28-12-10-27(2)11-13-28)29(21)19-9-8-17(23)14-18(19)20(24-15)16-6-4-3-5-7-16/h3-9,14-15H,10-13H2,1-2H3. The highest BCUT2D eigenvalue weighted by molar-refractivity contribution is 6.31. The van der Waals surface area contributed by atoms with Crippen molar-refractivity contribution in [1.82, 2.24) is 19.7 Å². The number of fused-ring (bicyclic) bond motifs is 3. The van der Waals surface area contributed by atoms with Crippen LogP contribution in [0.1, 0.15) is 29.9 Å². The van der Waals surface area contributed by atoms with Crippen LogP contribution in [0.25, 0.3) is 5.69 Å². The minimum atomic E-state index is -0.120. The smallest absolute Gasteiger partial charge is 0.232 e. The lowest BCUT2D eigenvalue weighted by Gasteiger charge is -2.33. The van der Waals surface area contributed by atoms with E-state index < -0.39 is 0 Å². The summed E-state index contributed by atoms with van der Waals surface area (Å²) >= 11 is 6.41. The number of likely N-dealkylation sites (N-methyl/N-ethyl adjacent to an activating group) is 1. The van der Waals surface area contributed by atoms with E-state index >= 15 is 0 Å². The summed E-state index contributed by atoms with van der Waals surface area (Å²) in [6, 6.07) is 16.1. The van der Waals surface area contributed by atoms with E-state index in [0.717, 1.165) is 60.5 Å². The summed E-state index contributed by atoms with van der Waals surface area (Å²) in [6.45, 7) is 5.95. The number of aromatic nitrogens is 3. The lowest BCUT2D eigenvalue weighted by atomic mass is 10.0. The van der Waals surface area contributed by atoms with Crippen LogP contribution in [-0.4, -0.2) is 58.6 Å². The predicted molar refractivity (Wildman–Crippen MR) is 117 cm³/mol. The van der Waals surface area contributed by atoms with Crippen molar-refractivity contribution in [2.45, 2.75) is 13.0 Å². The van der Waals surface area contributed by atoms with Crippen LogP contribution >= 0.6 is 11.6 Å². The monoisotopic (exact) mass is 406 g/mol. The van der Waals surface area contributed by atoms with Crippen LogP contribution in [0.5, 0.6) is 0 Å². The number of piperazine rings is 1. The fourth-order valence-electron chi connectivity index (χ4n) is 4.04. The number of hydrogen-bond acceptors (Lipinski definition) is 5. The third-order valence-corrected chi connectivity index (χ3v) is 5.89. The molecule has 1 unspecified atom stereocenters. The van der Waals surface area contributed by atoms with Crippen LogP contribution < -0.4 is 4.90 Å². The van der Waals surface area contributed by atoms with Gasteiger partial charge in [0.05, 0.1) is 11.4 Å². The van der Waals surface area contributed by atoms with Gasteiger partial charge < -0.3 is 9.80 Å². The van der Waals surface area contributed by atoms with E-state index in [1.165, 1.54) is 0 Å². The average molecular weight is 407 g/mol. The molecule has 29 heavy (non-hydrogen) atoms. The minimum absolute atomic E-state index is 0.120. The minimum Gasteiger partial charge on any atom is -0.338 e. The summed E-state index contributed by atoms with van der Waals surface area (Å²) in [5.74, 6) is 1.74. The molecule has 1 atom stereocenters. The molecule has 0 radical (unpaired) electrons. The summed E-state index contributed by atoms with van der Waals surface area (Å²) in [6.07, 6.45) is 0. The van der Waals surface area contributed by atoms with Gasteiger partial charge in [0, 0.05) is 42.3 Å². The number of nitrogens with zero attached hydrogens (tertiary/aromatic N) is 6. The second kappa shape index (κ2) is 7.28. The molecular weight excluding hydrogens is 384 g/mol. The molecule has 5 rings (SSSR count). The molecule has 0 spiro atoms. The van der Waals surface area contributed by atoms with Crippen molar-refractivity contribution in [2.75, 3.05) is 38.1 Å². The second-order valence-corrected chi connectivity index (χ2v) is 8.10. The van der Waals surface area contributed by atoms with Crippen molar-refractivity contribution in [3.63, 3.8) is 0 Å². The molecule has 3 heterocycles. The van der Waals surface area contributed by atoms with Gasteiger partial charge >= 0.3 is 0 Å². The SMILES string of the molecule is CC1N=C(c2ccccc2)c2cc(Cl)ccc2-n2c1nnc2N1CCN(C)CC1. The lowest BCUT2D eigenvalue weighted by Crippen LogP contribution is -2.45. The number of hydrogen-bond donors (Lipinski definition) is 0. The van der Waals surface area contributed by atoms with Crippen molar-refractivity contribution in [3.8, 4) is 5.69 Å². The van der Waals surface area contributed by atoms with Gasteiger partial charge in [0.1, 0.15) is 6.04 Å². The van der Waals surface area contributed by atoms with E-state index in [2.05, 4.69) is 56.7 Å². The molecule has 7 heteroatoms. The fourth-order valence-corrected chi connectivity index (χ4v) is 4.21. The van der Waals surface area contributed by atoms with E-state index in [1.54, 1.807) is 0 Å². The number of benzene rings is 2. The third kappa shape index (κ3) is 3.22. The van der Waals surface area contributed by atoms with Gasteiger partial charge in [0.2, 0.25) is 5.95 Å². The Bertz CT molecular complexity index is 1070. The van der Waals surface area contributed by atoms with Crippen molar-refractivity contribution in [1.29, 1.82) is 0 Å². The Labute approximate surface area is 175 Å². The fraction of sp³-hybridized carbons (Fsp3) is 0.318. The van der Waals surface area contributed by atoms with E-state index in [4.69, 9.17) is 16.6 Å². The molecule has 2 aromatic carbocycles. The van der Waals surface area contributed by atoms with Gasteiger partial charge in [0.15, 0.2) is 5.82 Å². The zero-order valence-electron chi connectivity index (χ0n) is 16.6. The van der Waals surface area contributed by atoms with Gasteiger partial charge in [-0.05, 0) is 32.2 Å². The highest BCUT2D eigenvalue weighted by atomic mass is 35.5. The van der Waals surface area contributed by atoms with Gasteiger partial charge in [-0.15, -0.1) is 10.2 Å². The molecule has 0 aliphatic carbocycles. The molecule has 0 bridgehead atoms. The molecule has 148 valence electrons. The van der Waals surface area contributed by atoms with E-state index in [-0.39, 0.29) is 6.04 Å². The summed E-state index contributed by atoms with van der Waals surface area (Å²) in [5, 5.41) is 9.83. The molecule has 6 nitrogen and oxygen atoms in total. The Balaban J connectivity index is 1.70. The van der Waals surface area contributed by atoms with Gasteiger partial charge in [-0.1, -0.05) is 41.9 Å². The van der Waals surface area contributed by atoms with Gasteiger partial charge in [-0.25, -0.2) is 0 Å². The third-order valence-electron chi connectivity index (χ3n) is 5.66. The van der Waals surface area contributed by atoms with Crippen LogP contribution in [0.2, 0.25) is 5.02 Å². The van der Waals surface area contributed by atoms with Crippen LogP contribution in [0.15, 0.2) is 53.5 Å². The highest BCUT2D eigenvalue weighted by Crippen LogP contribution is 2.34. The number of rotatable bonds is 2. The molecule has 2 aliphatic heterocycles. The quantitative estimate of drug-likeness (QED) is 0.652. The van der Waals surface area contributed by atoms with Crippen molar-refractivity contribution >= 4 is 23.3 Å². The average Bonchev–Trinajstić information content (AvgIpc) is 3.13. The largest absolute Gasteiger partial charge is 0.338 e. The first-order chi connectivity index (χ1) is 14.1. The van der Waals surface area contributed by atoms with Crippen molar-refractivity contribution in [2.24, 2.45) is 4.99 Å². The maximum Gasteiger partial charge on any atom is 0.232 e. The molecule has 1 saturated heterocycles. The molecule has 1 aromatic heterocycles. The maximum atomic E-state index is 6.41. The van der Waals surface area contributed by atoms with Crippen LogP contribution in [0.4, 0.5) is 5.95 Å². The van der Waals surface area contributed by atoms with Crippen LogP contribution in [-0.2, 0) is 0 Å². The summed E-state index contributed by atoms with van der Waals surface area (Å²) in [5.41, 5.74) is 4.04. The molecule has 3 aromatic rings. The van der Waals surface area contributed by atoms with E-state index in [0.29, 0.717) is 5.02 Å². The molecular formula is C22H23ClN6. The Morgan fingerprint density at radius 2 is 1.72 bits per heavy atom. The Kier molecular flexibility index (Phi) is 4.60. The lowest BCUT2D eigenvalue weighted by molar-refractivity contribution is 0.310. The van der Waals surface area contributed by atoms with Gasteiger partial charge in [0.25, 0.3) is 0 Å². The topological polar surface area (TPSA) is 49.6 Å². The number of halogens is 1. The van der Waals surface area contributed by atoms with Crippen molar-refractivity contribution in [3.05, 3.63) is 70.5 Å². The normalized spacial score (nSPS) is 19.3. The molecule has 0 amide bonds. The summed E-state index contributed by atoms with van der Waals surface area (Å²) in [4.78, 5) is 9.70. The van der Waals surface area contributed by atoms with E-state index in [1.807, 2.05) is 30.3 Å². The number of anilines is 1. The van der Waals surface area contributed by atoms with Crippen LogP contribution in [0, 0.1) is 0 Å². The van der Waals surface area contributed by atoms with Crippen LogP contribution in [0.3, 0.4) is 0 Å². The zero-order chi connectivity index (χ0) is 20.0. The molecule has 2 aliphatic rings. The Morgan fingerprint density at radius 3 is 2.48 bits per heavy atom. The maximum absolute atomic E-state index is 6.41. The first-order valence-corrected chi connectivity index (χ1v) is 10.3. The summed E-state index contributed by atoms with van der Waals surface area (Å²) < 4.78 is 2.17. The van der Waals surface area contributed by atoms with Gasteiger partial charge in [-0.3, -0.25) is 9.56 Å². The van der Waals surface area contributed by atoms with E-state index in [9.17, 15) is 0 Å². The van der Waals surface area contributed by atoms with Gasteiger partial charge in [-0.2, -0.15) is 0 Å². The Morgan fingerprint density at radius 1 is 0.966 bits per heavy atom. The highest BCUT2D eigenvalue weighted by Gasteiger charge is 2.29. The Hall–Kier alpha value is -2.70. The molecule has 1 fully saturated rings. The molecule has 0 N–H and O–H groups in total. The van der Waals surface area contributed by atoms with Crippen molar-refractivity contribution < 1.29 is 0 Å². The second-order valence-electron chi connectivity index (χ2n) is 7.67. The summed E-state index contributed by atoms with van der Waals surface area (Å²) in [7, 11) is 2.15. The first-order valence-electron chi connectivity index (χ1n) is 9.94. The molecule has 0 saturated carbocycles. The predicted octanol–water partition coefficient (Wildman–Crippen LogP) is 3.58.